The molecule has 3 rings (SSSR count). The fourth-order valence-electron chi connectivity index (χ4n) is 3.38. The highest BCUT2D eigenvalue weighted by Gasteiger charge is 2.27. The summed E-state index contributed by atoms with van der Waals surface area (Å²) in [6.07, 6.45) is 4.55. The molecule has 5 nitrogen and oxygen atoms in total. The molecule has 0 aliphatic carbocycles. The number of rotatable bonds is 5. The number of likely N-dealkylation sites (tertiary alicyclic amines) is 2. The molecule has 2 heterocycles. The van der Waals surface area contributed by atoms with Crippen LogP contribution >= 0.6 is 0 Å². The van der Waals surface area contributed by atoms with E-state index in [1.54, 1.807) is 4.90 Å². The van der Waals surface area contributed by atoms with Crippen LogP contribution in [-0.2, 0) is 20.9 Å². The number of benzene rings is 1. The Labute approximate surface area is 143 Å². The summed E-state index contributed by atoms with van der Waals surface area (Å²) >= 11 is 0. The molecule has 2 aliphatic rings. The lowest BCUT2D eigenvalue weighted by Crippen LogP contribution is -2.49. The molecule has 5 heteroatoms. The number of amides is 2. The molecule has 130 valence electrons. The van der Waals surface area contributed by atoms with Crippen molar-refractivity contribution in [3.05, 3.63) is 35.9 Å². The van der Waals surface area contributed by atoms with Gasteiger partial charge in [0.2, 0.25) is 11.8 Å². The number of piperidine rings is 2. The maximum atomic E-state index is 12.5. The minimum Gasteiger partial charge on any atom is -0.372 e. The van der Waals surface area contributed by atoms with Gasteiger partial charge >= 0.3 is 0 Å². The molecule has 1 aromatic carbocycles. The highest BCUT2D eigenvalue weighted by molar-refractivity contribution is 5.85. The summed E-state index contributed by atoms with van der Waals surface area (Å²) in [5, 5.41) is 0. The minimum atomic E-state index is 0.0539. The quantitative estimate of drug-likeness (QED) is 0.832. The van der Waals surface area contributed by atoms with Crippen molar-refractivity contribution in [2.75, 3.05) is 26.2 Å². The normalized spacial score (nSPS) is 21.8. The summed E-state index contributed by atoms with van der Waals surface area (Å²) in [4.78, 5) is 27.9. The van der Waals surface area contributed by atoms with Gasteiger partial charge in [0.25, 0.3) is 0 Å². The fraction of sp³-hybridized carbons (Fsp3) is 0.579. The first-order chi connectivity index (χ1) is 11.7. The summed E-state index contributed by atoms with van der Waals surface area (Å²) in [6, 6.07) is 10.1. The second-order valence-electron chi connectivity index (χ2n) is 6.67. The van der Waals surface area contributed by atoms with Crippen molar-refractivity contribution in [2.45, 2.75) is 44.8 Å². The Balaban J connectivity index is 1.47. The highest BCUT2D eigenvalue weighted by Crippen LogP contribution is 2.17. The van der Waals surface area contributed by atoms with E-state index >= 15 is 0 Å². The van der Waals surface area contributed by atoms with Crippen LogP contribution in [0.25, 0.3) is 0 Å². The smallest absolute Gasteiger partial charge is 0.242 e. The van der Waals surface area contributed by atoms with E-state index in [1.165, 1.54) is 0 Å². The van der Waals surface area contributed by atoms with E-state index in [1.807, 2.05) is 35.2 Å². The van der Waals surface area contributed by atoms with E-state index in [2.05, 4.69) is 0 Å². The standard InChI is InChI=1S/C19H26N2O3/c22-18-10-4-5-11-21(18)14-19(23)20-12-6-9-17(13-20)24-15-16-7-2-1-3-8-16/h1-3,7-8,17H,4-6,9-15H2. The Morgan fingerprint density at radius 3 is 2.75 bits per heavy atom. The largest absolute Gasteiger partial charge is 0.372 e. The van der Waals surface area contributed by atoms with E-state index in [-0.39, 0.29) is 24.5 Å². The van der Waals surface area contributed by atoms with Crippen molar-refractivity contribution in [3.8, 4) is 0 Å². The summed E-state index contributed by atoms with van der Waals surface area (Å²) in [5.74, 6) is 0.168. The Morgan fingerprint density at radius 1 is 1.12 bits per heavy atom. The van der Waals surface area contributed by atoms with Crippen LogP contribution in [0.3, 0.4) is 0 Å². The SMILES string of the molecule is O=C1CCCCN1CC(=O)N1CCCC(OCc2ccccc2)C1. The molecule has 0 saturated carbocycles. The van der Waals surface area contributed by atoms with Crippen LogP contribution < -0.4 is 0 Å². The lowest BCUT2D eigenvalue weighted by Gasteiger charge is -2.35. The monoisotopic (exact) mass is 330 g/mol. The molecule has 1 atom stereocenters. The molecule has 1 unspecified atom stereocenters. The maximum absolute atomic E-state index is 12.5. The average molecular weight is 330 g/mol. The number of hydrogen-bond donors (Lipinski definition) is 0. The number of ether oxygens (including phenoxy) is 1. The van der Waals surface area contributed by atoms with E-state index in [0.717, 1.165) is 37.8 Å². The van der Waals surface area contributed by atoms with Gasteiger partial charge in [-0.3, -0.25) is 9.59 Å². The van der Waals surface area contributed by atoms with E-state index < -0.39 is 0 Å². The Bertz CT molecular complexity index is 561. The minimum absolute atomic E-state index is 0.0539. The van der Waals surface area contributed by atoms with Crippen molar-refractivity contribution < 1.29 is 14.3 Å². The van der Waals surface area contributed by atoms with Gasteiger partial charge in [-0.25, -0.2) is 0 Å². The number of hydrogen-bond acceptors (Lipinski definition) is 3. The zero-order chi connectivity index (χ0) is 16.8. The Hall–Kier alpha value is -1.88. The van der Waals surface area contributed by atoms with Gasteiger partial charge < -0.3 is 14.5 Å². The summed E-state index contributed by atoms with van der Waals surface area (Å²) in [5.41, 5.74) is 1.15. The third kappa shape index (κ3) is 4.57. The molecule has 2 saturated heterocycles. The topological polar surface area (TPSA) is 49.9 Å². The van der Waals surface area contributed by atoms with Gasteiger partial charge in [-0.15, -0.1) is 0 Å². The van der Waals surface area contributed by atoms with Crippen molar-refractivity contribution in [2.24, 2.45) is 0 Å². The van der Waals surface area contributed by atoms with Crippen molar-refractivity contribution >= 4 is 11.8 Å². The zero-order valence-corrected chi connectivity index (χ0v) is 14.2. The predicted molar refractivity (Wildman–Crippen MR) is 91.3 cm³/mol. The molecule has 2 aliphatic heterocycles. The first-order valence-corrected chi connectivity index (χ1v) is 8.93. The Kier molecular flexibility index (Phi) is 5.86. The Morgan fingerprint density at radius 2 is 1.96 bits per heavy atom. The maximum Gasteiger partial charge on any atom is 0.242 e. The van der Waals surface area contributed by atoms with Gasteiger partial charge in [-0.05, 0) is 31.2 Å². The van der Waals surface area contributed by atoms with Gasteiger partial charge in [-0.2, -0.15) is 0 Å². The van der Waals surface area contributed by atoms with E-state index in [9.17, 15) is 9.59 Å². The van der Waals surface area contributed by atoms with Gasteiger partial charge in [0.05, 0.1) is 19.3 Å². The van der Waals surface area contributed by atoms with Crippen LogP contribution in [-0.4, -0.2) is 53.9 Å². The molecule has 2 amide bonds. The first-order valence-electron chi connectivity index (χ1n) is 8.93. The molecule has 0 N–H and O–H groups in total. The molecule has 0 aromatic heterocycles. The molecule has 24 heavy (non-hydrogen) atoms. The second kappa shape index (κ2) is 8.29. The molecule has 0 bridgehead atoms. The molecular weight excluding hydrogens is 304 g/mol. The van der Waals surface area contributed by atoms with E-state index in [0.29, 0.717) is 26.1 Å². The van der Waals surface area contributed by atoms with Crippen molar-refractivity contribution in [3.63, 3.8) is 0 Å². The third-order valence-corrected chi connectivity index (χ3v) is 4.81. The van der Waals surface area contributed by atoms with Crippen LogP contribution in [0.5, 0.6) is 0 Å². The summed E-state index contributed by atoms with van der Waals surface area (Å²) < 4.78 is 5.99. The second-order valence-corrected chi connectivity index (χ2v) is 6.67. The van der Waals surface area contributed by atoms with Gasteiger partial charge in [0.1, 0.15) is 0 Å². The zero-order valence-electron chi connectivity index (χ0n) is 14.2. The lowest BCUT2D eigenvalue weighted by atomic mass is 10.1. The third-order valence-electron chi connectivity index (χ3n) is 4.81. The molecule has 2 fully saturated rings. The van der Waals surface area contributed by atoms with Crippen LogP contribution in [0, 0.1) is 0 Å². The van der Waals surface area contributed by atoms with Crippen LogP contribution in [0.2, 0.25) is 0 Å². The van der Waals surface area contributed by atoms with Crippen molar-refractivity contribution in [1.29, 1.82) is 0 Å². The number of nitrogens with zero attached hydrogens (tertiary/aromatic N) is 2. The number of carbonyl (C=O) groups is 2. The van der Waals surface area contributed by atoms with E-state index in [4.69, 9.17) is 4.74 Å². The fourth-order valence-corrected chi connectivity index (χ4v) is 3.38. The van der Waals surface area contributed by atoms with Crippen LogP contribution in [0.1, 0.15) is 37.7 Å². The average Bonchev–Trinajstić information content (AvgIpc) is 2.63. The van der Waals surface area contributed by atoms with Crippen LogP contribution in [0.15, 0.2) is 30.3 Å². The molecular formula is C19H26N2O3. The van der Waals surface area contributed by atoms with Gasteiger partial charge in [-0.1, -0.05) is 30.3 Å². The highest BCUT2D eigenvalue weighted by atomic mass is 16.5. The molecule has 1 aromatic rings. The first kappa shape index (κ1) is 17.0. The summed E-state index contributed by atoms with van der Waals surface area (Å²) in [6.45, 7) is 2.93. The molecule has 0 spiro atoms. The van der Waals surface area contributed by atoms with Gasteiger partial charge in [0, 0.05) is 26.1 Å². The predicted octanol–water partition coefficient (Wildman–Crippen LogP) is 2.21. The van der Waals surface area contributed by atoms with Gasteiger partial charge in [0.15, 0.2) is 0 Å². The number of carbonyl (C=O) groups excluding carboxylic acids is 2. The van der Waals surface area contributed by atoms with Crippen LogP contribution in [0.4, 0.5) is 0 Å². The molecule has 0 radical (unpaired) electrons. The van der Waals surface area contributed by atoms with Crippen molar-refractivity contribution in [1.82, 2.24) is 9.80 Å². The lowest BCUT2D eigenvalue weighted by molar-refractivity contribution is -0.144. The summed E-state index contributed by atoms with van der Waals surface area (Å²) in [7, 11) is 0.